The molecule has 0 N–H and O–H groups in total. The van der Waals surface area contributed by atoms with Gasteiger partial charge in [-0.3, -0.25) is 4.79 Å². The molecule has 0 radical (unpaired) electrons. The standard InChI is InChI=1S/C14H18O/c1-3-5-11-6-4-7-12(9-11)14(15)13-8-10(13)2/h4,6-7,9-10,13H,3,5,8H2,1-2H3. The molecule has 80 valence electrons. The van der Waals surface area contributed by atoms with Gasteiger partial charge in [0.15, 0.2) is 5.78 Å². The number of rotatable bonds is 4. The minimum absolute atomic E-state index is 0.307. The van der Waals surface area contributed by atoms with Gasteiger partial charge < -0.3 is 0 Å². The highest BCUT2D eigenvalue weighted by atomic mass is 16.1. The van der Waals surface area contributed by atoms with Crippen LogP contribution in [0.15, 0.2) is 24.3 Å². The Morgan fingerprint density at radius 2 is 2.20 bits per heavy atom. The van der Waals surface area contributed by atoms with Crippen molar-refractivity contribution in [3.05, 3.63) is 35.4 Å². The first kappa shape index (κ1) is 10.4. The molecule has 1 aliphatic carbocycles. The predicted molar refractivity (Wildman–Crippen MR) is 62.0 cm³/mol. The van der Waals surface area contributed by atoms with Crippen LogP contribution >= 0.6 is 0 Å². The Bertz CT molecular complexity index is 367. The van der Waals surface area contributed by atoms with Gasteiger partial charge in [-0.1, -0.05) is 38.5 Å². The SMILES string of the molecule is CCCc1cccc(C(=O)C2CC2C)c1. The smallest absolute Gasteiger partial charge is 0.166 e. The molecule has 1 aromatic rings. The van der Waals surface area contributed by atoms with Gasteiger partial charge in [0.25, 0.3) is 0 Å². The van der Waals surface area contributed by atoms with Crippen molar-refractivity contribution < 1.29 is 4.79 Å². The van der Waals surface area contributed by atoms with Crippen LogP contribution in [0.25, 0.3) is 0 Å². The Morgan fingerprint density at radius 1 is 1.47 bits per heavy atom. The third kappa shape index (κ3) is 2.28. The number of Topliss-reactive ketones (excluding diaryl/α,β-unsaturated/α-hetero) is 1. The van der Waals surface area contributed by atoms with E-state index in [1.807, 2.05) is 12.1 Å². The summed E-state index contributed by atoms with van der Waals surface area (Å²) in [5.41, 5.74) is 2.20. The second-order valence-electron chi connectivity index (χ2n) is 4.63. The fraction of sp³-hybridized carbons (Fsp3) is 0.500. The molecule has 1 aromatic carbocycles. The van der Waals surface area contributed by atoms with Crippen LogP contribution in [0.1, 0.15) is 42.6 Å². The molecule has 15 heavy (non-hydrogen) atoms. The summed E-state index contributed by atoms with van der Waals surface area (Å²) in [6.45, 7) is 4.32. The van der Waals surface area contributed by atoms with Crippen LogP contribution in [0.5, 0.6) is 0 Å². The molecule has 2 unspecified atom stereocenters. The summed E-state index contributed by atoms with van der Waals surface area (Å²) < 4.78 is 0. The summed E-state index contributed by atoms with van der Waals surface area (Å²) in [6.07, 6.45) is 3.29. The van der Waals surface area contributed by atoms with Gasteiger partial charge in [0.2, 0.25) is 0 Å². The van der Waals surface area contributed by atoms with Gasteiger partial charge in [0.1, 0.15) is 0 Å². The number of carbonyl (C=O) groups excluding carboxylic acids is 1. The molecule has 0 amide bonds. The zero-order chi connectivity index (χ0) is 10.8. The molecule has 0 aliphatic heterocycles. The molecule has 1 fully saturated rings. The van der Waals surface area contributed by atoms with Crippen LogP contribution in [0.4, 0.5) is 0 Å². The Hall–Kier alpha value is -1.11. The number of hydrogen-bond acceptors (Lipinski definition) is 1. The van der Waals surface area contributed by atoms with Crippen molar-refractivity contribution in [1.82, 2.24) is 0 Å². The lowest BCUT2D eigenvalue weighted by Crippen LogP contribution is -2.03. The number of aryl methyl sites for hydroxylation is 1. The lowest BCUT2D eigenvalue weighted by atomic mass is 10.0. The van der Waals surface area contributed by atoms with Crippen LogP contribution in [0, 0.1) is 11.8 Å². The van der Waals surface area contributed by atoms with E-state index < -0.39 is 0 Å². The number of hydrogen-bond donors (Lipinski definition) is 0. The highest BCUT2D eigenvalue weighted by Crippen LogP contribution is 2.40. The van der Waals surface area contributed by atoms with Gasteiger partial charge in [-0.05, 0) is 30.4 Å². The fourth-order valence-corrected chi connectivity index (χ4v) is 2.07. The molecule has 0 spiro atoms. The molecule has 0 aromatic heterocycles. The molecular weight excluding hydrogens is 184 g/mol. The average molecular weight is 202 g/mol. The van der Waals surface area contributed by atoms with Gasteiger partial charge in [-0.15, -0.1) is 0 Å². The first-order valence-electron chi connectivity index (χ1n) is 5.85. The number of ketones is 1. The van der Waals surface area contributed by atoms with Crippen molar-refractivity contribution in [2.45, 2.75) is 33.1 Å². The van der Waals surface area contributed by atoms with E-state index in [1.54, 1.807) is 0 Å². The predicted octanol–water partition coefficient (Wildman–Crippen LogP) is 3.48. The maximum Gasteiger partial charge on any atom is 0.166 e. The van der Waals surface area contributed by atoms with Crippen molar-refractivity contribution in [2.24, 2.45) is 11.8 Å². The third-order valence-corrected chi connectivity index (χ3v) is 3.20. The highest BCUT2D eigenvalue weighted by Gasteiger charge is 2.39. The van der Waals surface area contributed by atoms with Gasteiger partial charge in [0, 0.05) is 11.5 Å². The largest absolute Gasteiger partial charge is 0.294 e. The topological polar surface area (TPSA) is 17.1 Å². The lowest BCUT2D eigenvalue weighted by molar-refractivity contribution is 0.0962. The molecule has 1 saturated carbocycles. The second kappa shape index (κ2) is 4.18. The van der Waals surface area contributed by atoms with E-state index in [2.05, 4.69) is 26.0 Å². The van der Waals surface area contributed by atoms with Crippen LogP contribution < -0.4 is 0 Å². The zero-order valence-corrected chi connectivity index (χ0v) is 9.49. The quantitative estimate of drug-likeness (QED) is 0.683. The van der Waals surface area contributed by atoms with E-state index in [9.17, 15) is 4.79 Å². The maximum atomic E-state index is 12.0. The fourth-order valence-electron chi connectivity index (χ4n) is 2.07. The van der Waals surface area contributed by atoms with Crippen molar-refractivity contribution in [2.75, 3.05) is 0 Å². The van der Waals surface area contributed by atoms with Crippen LogP contribution in [-0.4, -0.2) is 5.78 Å². The van der Waals surface area contributed by atoms with Crippen molar-refractivity contribution in [3.8, 4) is 0 Å². The van der Waals surface area contributed by atoms with Gasteiger partial charge in [0.05, 0.1) is 0 Å². The first-order chi connectivity index (χ1) is 7.22. The van der Waals surface area contributed by atoms with Crippen molar-refractivity contribution in [1.29, 1.82) is 0 Å². The van der Waals surface area contributed by atoms with Crippen molar-refractivity contribution in [3.63, 3.8) is 0 Å². The van der Waals surface area contributed by atoms with E-state index in [1.165, 1.54) is 5.56 Å². The van der Waals surface area contributed by atoms with Crippen LogP contribution in [-0.2, 0) is 6.42 Å². The monoisotopic (exact) mass is 202 g/mol. The molecule has 1 aliphatic rings. The summed E-state index contributed by atoms with van der Waals surface area (Å²) in [4.78, 5) is 12.0. The Morgan fingerprint density at radius 3 is 2.80 bits per heavy atom. The highest BCUT2D eigenvalue weighted by molar-refractivity contribution is 5.99. The van der Waals surface area contributed by atoms with Gasteiger partial charge >= 0.3 is 0 Å². The number of carbonyl (C=O) groups is 1. The van der Waals surface area contributed by atoms with Gasteiger partial charge in [-0.2, -0.15) is 0 Å². The summed E-state index contributed by atoms with van der Waals surface area (Å²) >= 11 is 0. The molecule has 1 heteroatoms. The molecular formula is C14H18O. The van der Waals surface area contributed by atoms with E-state index in [-0.39, 0.29) is 0 Å². The maximum absolute atomic E-state index is 12.0. The molecule has 2 atom stereocenters. The number of benzene rings is 1. The second-order valence-corrected chi connectivity index (χ2v) is 4.63. The molecule has 0 heterocycles. The lowest BCUT2D eigenvalue weighted by Gasteiger charge is -2.03. The Kier molecular flexibility index (Phi) is 2.90. The average Bonchev–Trinajstić information content (AvgIpc) is 2.95. The van der Waals surface area contributed by atoms with Crippen LogP contribution in [0.3, 0.4) is 0 Å². The van der Waals surface area contributed by atoms with E-state index in [4.69, 9.17) is 0 Å². The minimum Gasteiger partial charge on any atom is -0.294 e. The molecule has 1 nitrogen and oxygen atoms in total. The van der Waals surface area contributed by atoms with Crippen LogP contribution in [0.2, 0.25) is 0 Å². The third-order valence-electron chi connectivity index (χ3n) is 3.20. The summed E-state index contributed by atoms with van der Waals surface area (Å²) in [5.74, 6) is 1.26. The zero-order valence-electron chi connectivity index (χ0n) is 9.49. The summed E-state index contributed by atoms with van der Waals surface area (Å²) in [6, 6.07) is 8.13. The Labute approximate surface area is 91.5 Å². The normalized spacial score (nSPS) is 23.9. The minimum atomic E-state index is 0.307. The molecule has 0 bridgehead atoms. The molecule has 2 rings (SSSR count). The van der Waals surface area contributed by atoms with E-state index in [0.717, 1.165) is 24.8 Å². The molecule has 0 saturated heterocycles. The van der Waals surface area contributed by atoms with Gasteiger partial charge in [-0.25, -0.2) is 0 Å². The van der Waals surface area contributed by atoms with Crippen molar-refractivity contribution >= 4 is 5.78 Å². The summed E-state index contributed by atoms with van der Waals surface area (Å²) in [7, 11) is 0. The Balaban J connectivity index is 2.13. The first-order valence-corrected chi connectivity index (χ1v) is 5.85. The van der Waals surface area contributed by atoms with E-state index in [0.29, 0.717) is 17.6 Å². The summed E-state index contributed by atoms with van der Waals surface area (Å²) in [5, 5.41) is 0. The van der Waals surface area contributed by atoms with E-state index >= 15 is 0 Å².